The Morgan fingerprint density at radius 3 is 2.76 bits per heavy atom. The van der Waals surface area contributed by atoms with Gasteiger partial charge in [0.05, 0.1) is 43.7 Å². The molecule has 4 unspecified atom stereocenters. The van der Waals surface area contributed by atoms with E-state index in [1.807, 2.05) is 36.4 Å². The number of carbonyl (C=O) groups excluding carboxylic acids is 1. The maximum Gasteiger partial charge on any atom is 0.244 e. The predicted octanol–water partition coefficient (Wildman–Crippen LogP) is 0.412. The quantitative estimate of drug-likeness (QED) is 0.418. The van der Waals surface area contributed by atoms with Crippen LogP contribution < -0.4 is 26.1 Å². The number of methoxy groups -OCH3 is 1. The molecule has 172 valence electrons. The van der Waals surface area contributed by atoms with Crippen molar-refractivity contribution in [1.82, 2.24) is 40.9 Å². The van der Waals surface area contributed by atoms with Crippen molar-refractivity contribution < 1.29 is 9.53 Å². The van der Waals surface area contributed by atoms with Crippen LogP contribution in [-0.2, 0) is 11.8 Å². The molecule has 2 fully saturated rings. The van der Waals surface area contributed by atoms with Gasteiger partial charge in [0.15, 0.2) is 5.75 Å². The lowest BCUT2D eigenvalue weighted by Crippen LogP contribution is -2.60. The van der Waals surface area contributed by atoms with E-state index in [1.54, 1.807) is 27.4 Å². The first-order valence-electron chi connectivity index (χ1n) is 10.7. The van der Waals surface area contributed by atoms with Crippen molar-refractivity contribution in [2.75, 3.05) is 24.8 Å². The van der Waals surface area contributed by atoms with Gasteiger partial charge in [0, 0.05) is 25.7 Å². The second kappa shape index (κ2) is 8.64. The zero-order chi connectivity index (χ0) is 22.9. The van der Waals surface area contributed by atoms with E-state index in [4.69, 9.17) is 4.74 Å². The Bertz CT molecular complexity index is 1140. The van der Waals surface area contributed by atoms with Crippen molar-refractivity contribution in [3.63, 3.8) is 0 Å². The molecule has 5 rings (SSSR count). The summed E-state index contributed by atoms with van der Waals surface area (Å²) in [5.41, 5.74) is 4.69. The fraction of sp³-hybridized carbons (Fsp3) is 0.381. The number of nitrogens with zero attached hydrogens (tertiary/aromatic N) is 6. The van der Waals surface area contributed by atoms with Crippen LogP contribution in [0.3, 0.4) is 0 Å². The number of amides is 1. The highest BCUT2D eigenvalue weighted by atomic mass is 16.5. The largest absolute Gasteiger partial charge is 0.494 e. The average Bonchev–Trinajstić information content (AvgIpc) is 3.37. The Labute approximate surface area is 190 Å². The summed E-state index contributed by atoms with van der Waals surface area (Å²) >= 11 is 0. The Morgan fingerprint density at radius 2 is 2.03 bits per heavy atom. The molecule has 3 aromatic rings. The number of tetrazole rings is 1. The predicted molar refractivity (Wildman–Crippen MR) is 121 cm³/mol. The summed E-state index contributed by atoms with van der Waals surface area (Å²) < 4.78 is 5.73. The van der Waals surface area contributed by atoms with Crippen molar-refractivity contribution in [3.8, 4) is 17.1 Å². The number of anilines is 2. The average molecular weight is 451 g/mol. The minimum absolute atomic E-state index is 0.0204. The third-order valence-corrected chi connectivity index (χ3v) is 5.91. The first-order valence-corrected chi connectivity index (χ1v) is 10.7. The number of nitrogens with one attached hydrogen (secondary N) is 4. The number of hydrogen-bond acceptors (Lipinski definition) is 10. The van der Waals surface area contributed by atoms with Crippen LogP contribution in [0.5, 0.6) is 5.75 Å². The lowest BCUT2D eigenvalue weighted by molar-refractivity contribution is -0.131. The first kappa shape index (κ1) is 21.1. The second-order valence-electron chi connectivity index (χ2n) is 8.08. The van der Waals surface area contributed by atoms with Crippen LogP contribution in [-0.4, -0.2) is 68.6 Å². The smallest absolute Gasteiger partial charge is 0.244 e. The Morgan fingerprint density at radius 1 is 1.15 bits per heavy atom. The van der Waals surface area contributed by atoms with E-state index in [2.05, 4.69) is 41.8 Å². The molecule has 0 spiro atoms. The molecule has 4 heterocycles. The summed E-state index contributed by atoms with van der Waals surface area (Å²) in [6, 6.07) is 11.2. The second-order valence-corrected chi connectivity index (χ2v) is 8.08. The molecule has 12 heteroatoms. The van der Waals surface area contributed by atoms with Crippen LogP contribution >= 0.6 is 0 Å². The van der Waals surface area contributed by atoms with Crippen LogP contribution in [0.1, 0.15) is 6.42 Å². The van der Waals surface area contributed by atoms with Crippen molar-refractivity contribution in [3.05, 3.63) is 42.6 Å². The molecule has 2 aliphatic heterocycles. The van der Waals surface area contributed by atoms with Gasteiger partial charge in [-0.05, 0) is 29.5 Å². The van der Waals surface area contributed by atoms with Gasteiger partial charge in [-0.1, -0.05) is 12.1 Å². The standard InChI is InChI=1S/C21H26N10O2/c1-30-21(32)17-14(11-16(25-20(17)27-30)24-15-9-4-5-10-22-15)23-13-8-6-7-12(18(13)33-3)19-26-29-31(2)28-19/h4-10,14,16-17,20,23,25,27H,11H2,1-3H3,(H,22,24). The molecule has 2 aromatic heterocycles. The number of pyridine rings is 1. The summed E-state index contributed by atoms with van der Waals surface area (Å²) in [6.07, 6.45) is 2.04. The number of piperidine rings is 1. The summed E-state index contributed by atoms with van der Waals surface area (Å²) in [6.45, 7) is 0. The summed E-state index contributed by atoms with van der Waals surface area (Å²) in [5, 5.41) is 24.3. The van der Waals surface area contributed by atoms with E-state index in [1.165, 1.54) is 9.81 Å². The molecule has 4 N–H and O–H groups in total. The molecule has 0 saturated carbocycles. The van der Waals surface area contributed by atoms with Gasteiger partial charge in [0.25, 0.3) is 0 Å². The lowest BCUT2D eigenvalue weighted by Gasteiger charge is -2.39. The van der Waals surface area contributed by atoms with E-state index in [9.17, 15) is 4.79 Å². The number of aryl methyl sites for hydroxylation is 1. The first-order chi connectivity index (χ1) is 16.0. The molecular weight excluding hydrogens is 424 g/mol. The van der Waals surface area contributed by atoms with Gasteiger partial charge in [-0.2, -0.15) is 4.80 Å². The van der Waals surface area contributed by atoms with Crippen LogP contribution in [0.15, 0.2) is 42.6 Å². The lowest BCUT2D eigenvalue weighted by atomic mass is 9.88. The number of fused-ring (bicyclic) bond motifs is 1. The van der Waals surface area contributed by atoms with Gasteiger partial charge < -0.3 is 15.4 Å². The van der Waals surface area contributed by atoms with Gasteiger partial charge >= 0.3 is 0 Å². The molecule has 2 saturated heterocycles. The Balaban J connectivity index is 1.44. The molecule has 1 aromatic carbocycles. The highest BCUT2D eigenvalue weighted by Crippen LogP contribution is 2.37. The van der Waals surface area contributed by atoms with E-state index < -0.39 is 0 Å². The number of benzene rings is 1. The van der Waals surface area contributed by atoms with E-state index in [0.717, 1.165) is 17.1 Å². The zero-order valence-corrected chi connectivity index (χ0v) is 18.6. The minimum atomic E-state index is -0.306. The number of carbonyl (C=O) groups is 1. The maximum absolute atomic E-state index is 12.9. The molecule has 4 atom stereocenters. The summed E-state index contributed by atoms with van der Waals surface area (Å²) in [5.74, 6) is 1.54. The molecular formula is C21H26N10O2. The number of ether oxygens (including phenoxy) is 1. The fourth-order valence-corrected chi connectivity index (χ4v) is 4.46. The molecule has 12 nitrogen and oxygen atoms in total. The van der Waals surface area contributed by atoms with Crippen molar-refractivity contribution >= 4 is 17.4 Å². The maximum atomic E-state index is 12.9. The number of aromatic nitrogens is 5. The fourth-order valence-electron chi connectivity index (χ4n) is 4.46. The van der Waals surface area contributed by atoms with Crippen LogP contribution in [0.2, 0.25) is 0 Å². The van der Waals surface area contributed by atoms with Crippen molar-refractivity contribution in [1.29, 1.82) is 0 Å². The van der Waals surface area contributed by atoms with Crippen LogP contribution in [0, 0.1) is 5.92 Å². The molecule has 0 radical (unpaired) electrons. The SMILES string of the molecule is COc1c(NC2CC(Nc3ccccn3)NC3NN(C)C(=O)C23)cccc1-c1nnn(C)n1. The van der Waals surface area contributed by atoms with Gasteiger partial charge in [0.2, 0.25) is 11.7 Å². The third kappa shape index (κ3) is 4.05. The zero-order valence-electron chi connectivity index (χ0n) is 18.6. The van der Waals surface area contributed by atoms with Gasteiger partial charge in [-0.15, -0.1) is 10.2 Å². The van der Waals surface area contributed by atoms with Gasteiger partial charge in [0.1, 0.15) is 5.82 Å². The van der Waals surface area contributed by atoms with Gasteiger partial charge in [-0.3, -0.25) is 15.1 Å². The van der Waals surface area contributed by atoms with E-state index in [-0.39, 0.29) is 30.2 Å². The van der Waals surface area contributed by atoms with Crippen LogP contribution in [0.25, 0.3) is 11.4 Å². The summed E-state index contributed by atoms with van der Waals surface area (Å²) in [7, 11) is 5.05. The number of rotatable bonds is 6. The molecule has 2 aliphatic rings. The summed E-state index contributed by atoms with van der Waals surface area (Å²) in [4.78, 5) is 18.7. The highest BCUT2D eigenvalue weighted by Gasteiger charge is 2.48. The normalized spacial score (nSPS) is 24.5. The number of hydrogen-bond donors (Lipinski definition) is 4. The molecule has 0 bridgehead atoms. The number of hydrazine groups is 1. The molecule has 33 heavy (non-hydrogen) atoms. The Hall–Kier alpha value is -3.77. The van der Waals surface area contributed by atoms with E-state index in [0.29, 0.717) is 18.0 Å². The molecule has 1 amide bonds. The van der Waals surface area contributed by atoms with Gasteiger partial charge in [-0.25, -0.2) is 10.4 Å². The van der Waals surface area contributed by atoms with Crippen LogP contribution in [0.4, 0.5) is 11.5 Å². The highest BCUT2D eigenvalue weighted by molar-refractivity contribution is 5.83. The van der Waals surface area contributed by atoms with E-state index >= 15 is 0 Å². The van der Waals surface area contributed by atoms with Crippen molar-refractivity contribution in [2.24, 2.45) is 13.0 Å². The Kier molecular flexibility index (Phi) is 5.52. The third-order valence-electron chi connectivity index (χ3n) is 5.91. The minimum Gasteiger partial charge on any atom is -0.494 e. The topological polar surface area (TPSA) is 134 Å². The molecule has 0 aliphatic carbocycles. The van der Waals surface area contributed by atoms with Crippen molar-refractivity contribution in [2.45, 2.75) is 24.8 Å². The number of para-hydroxylation sites is 1. The monoisotopic (exact) mass is 450 g/mol.